The third-order valence-corrected chi connectivity index (χ3v) is 3.50. The monoisotopic (exact) mass is 282 g/mol. The molecule has 0 aliphatic heterocycles. The van der Waals surface area contributed by atoms with Crippen LogP contribution < -0.4 is 10.6 Å². The molecule has 0 radical (unpaired) electrons. The van der Waals surface area contributed by atoms with Gasteiger partial charge < -0.3 is 10.6 Å². The predicted octanol–water partition coefficient (Wildman–Crippen LogP) is 2.54. The topological polar surface area (TPSA) is 41.1 Å². The summed E-state index contributed by atoms with van der Waals surface area (Å²) in [6.07, 6.45) is 0.892. The fourth-order valence-electron chi connectivity index (χ4n) is 2.48. The van der Waals surface area contributed by atoms with E-state index in [1.165, 1.54) is 11.1 Å². The van der Waals surface area contributed by atoms with Crippen molar-refractivity contribution in [1.82, 2.24) is 10.6 Å². The Bertz CT molecular complexity index is 500. The van der Waals surface area contributed by atoms with Gasteiger partial charge in [-0.15, -0.1) is 0 Å². The van der Waals surface area contributed by atoms with Crippen molar-refractivity contribution in [2.45, 2.75) is 12.3 Å². The SMILES string of the molecule is CNCC(=O)NCCC(c1ccccc1)c1ccccc1. The van der Waals surface area contributed by atoms with Crippen LogP contribution in [0.25, 0.3) is 0 Å². The van der Waals surface area contributed by atoms with Gasteiger partial charge in [0.05, 0.1) is 6.54 Å². The van der Waals surface area contributed by atoms with Gasteiger partial charge in [0.15, 0.2) is 0 Å². The second-order valence-electron chi connectivity index (χ2n) is 5.04. The maximum absolute atomic E-state index is 11.5. The Morgan fingerprint density at radius 1 is 0.952 bits per heavy atom. The third-order valence-electron chi connectivity index (χ3n) is 3.50. The average molecular weight is 282 g/mol. The van der Waals surface area contributed by atoms with Crippen molar-refractivity contribution >= 4 is 5.91 Å². The zero-order valence-electron chi connectivity index (χ0n) is 12.4. The Morgan fingerprint density at radius 2 is 1.48 bits per heavy atom. The molecule has 0 bridgehead atoms. The molecule has 0 unspecified atom stereocenters. The first kappa shape index (κ1) is 15.3. The summed E-state index contributed by atoms with van der Waals surface area (Å²) in [7, 11) is 1.77. The van der Waals surface area contributed by atoms with Crippen molar-refractivity contribution in [2.75, 3.05) is 20.1 Å². The van der Waals surface area contributed by atoms with E-state index in [0.29, 0.717) is 19.0 Å². The molecule has 0 spiro atoms. The minimum absolute atomic E-state index is 0.0392. The fraction of sp³-hybridized carbons (Fsp3) is 0.278. The molecule has 3 nitrogen and oxygen atoms in total. The minimum Gasteiger partial charge on any atom is -0.355 e. The van der Waals surface area contributed by atoms with Gasteiger partial charge >= 0.3 is 0 Å². The Balaban J connectivity index is 2.05. The highest BCUT2D eigenvalue weighted by Gasteiger charge is 2.13. The van der Waals surface area contributed by atoms with Crippen molar-refractivity contribution in [1.29, 1.82) is 0 Å². The smallest absolute Gasteiger partial charge is 0.233 e. The van der Waals surface area contributed by atoms with E-state index in [0.717, 1.165) is 6.42 Å². The summed E-state index contributed by atoms with van der Waals surface area (Å²) >= 11 is 0. The molecule has 1 amide bonds. The van der Waals surface area contributed by atoms with Crippen molar-refractivity contribution in [3.05, 3.63) is 71.8 Å². The molecule has 0 fully saturated rings. The Kier molecular flexibility index (Phi) is 5.98. The Labute approximate surface area is 126 Å². The van der Waals surface area contributed by atoms with E-state index in [1.807, 2.05) is 12.1 Å². The molecule has 0 saturated carbocycles. The predicted molar refractivity (Wildman–Crippen MR) is 86.3 cm³/mol. The molecule has 0 aliphatic rings. The minimum atomic E-state index is 0.0392. The molecule has 2 aromatic carbocycles. The number of hydrogen-bond acceptors (Lipinski definition) is 2. The molecule has 2 rings (SSSR count). The largest absolute Gasteiger partial charge is 0.355 e. The van der Waals surface area contributed by atoms with Gasteiger partial charge in [0.25, 0.3) is 0 Å². The number of carbonyl (C=O) groups excluding carboxylic acids is 1. The van der Waals surface area contributed by atoms with E-state index in [2.05, 4.69) is 59.2 Å². The lowest BCUT2D eigenvalue weighted by Crippen LogP contribution is -2.33. The summed E-state index contributed by atoms with van der Waals surface area (Å²) < 4.78 is 0. The first-order valence-corrected chi connectivity index (χ1v) is 7.32. The third kappa shape index (κ3) is 4.72. The lowest BCUT2D eigenvalue weighted by Gasteiger charge is -2.18. The number of hydrogen-bond donors (Lipinski definition) is 2. The Hall–Kier alpha value is -2.13. The number of benzene rings is 2. The van der Waals surface area contributed by atoms with Gasteiger partial charge in [0.2, 0.25) is 5.91 Å². The molecule has 2 N–H and O–H groups in total. The number of amides is 1. The van der Waals surface area contributed by atoms with Gasteiger partial charge in [-0.05, 0) is 24.6 Å². The summed E-state index contributed by atoms with van der Waals surface area (Å²) in [5.74, 6) is 0.347. The zero-order valence-corrected chi connectivity index (χ0v) is 12.4. The molecular formula is C18H22N2O. The van der Waals surface area contributed by atoms with Gasteiger partial charge in [-0.3, -0.25) is 4.79 Å². The maximum atomic E-state index is 11.5. The molecule has 110 valence electrons. The quantitative estimate of drug-likeness (QED) is 0.819. The van der Waals surface area contributed by atoms with Crippen LogP contribution in [0.5, 0.6) is 0 Å². The van der Waals surface area contributed by atoms with E-state index in [-0.39, 0.29) is 5.91 Å². The number of likely N-dealkylation sites (N-methyl/N-ethyl adjacent to an activating group) is 1. The van der Waals surface area contributed by atoms with Crippen LogP contribution >= 0.6 is 0 Å². The average Bonchev–Trinajstić information content (AvgIpc) is 2.53. The van der Waals surface area contributed by atoms with Gasteiger partial charge in [0, 0.05) is 12.5 Å². The maximum Gasteiger partial charge on any atom is 0.233 e. The number of nitrogens with one attached hydrogen (secondary N) is 2. The Morgan fingerprint density at radius 3 is 1.95 bits per heavy atom. The van der Waals surface area contributed by atoms with E-state index >= 15 is 0 Å². The second kappa shape index (κ2) is 8.22. The normalized spacial score (nSPS) is 10.6. The molecule has 0 aliphatic carbocycles. The van der Waals surface area contributed by atoms with Crippen LogP contribution in [-0.4, -0.2) is 26.0 Å². The van der Waals surface area contributed by atoms with E-state index in [4.69, 9.17) is 0 Å². The number of carbonyl (C=O) groups is 1. The van der Waals surface area contributed by atoms with Crippen LogP contribution in [0.3, 0.4) is 0 Å². The molecule has 2 aromatic rings. The lowest BCUT2D eigenvalue weighted by atomic mass is 9.88. The first-order valence-electron chi connectivity index (χ1n) is 7.32. The van der Waals surface area contributed by atoms with Crippen LogP contribution in [0.15, 0.2) is 60.7 Å². The second-order valence-corrected chi connectivity index (χ2v) is 5.04. The molecule has 0 aromatic heterocycles. The van der Waals surface area contributed by atoms with Crippen molar-refractivity contribution in [3.8, 4) is 0 Å². The molecular weight excluding hydrogens is 260 g/mol. The van der Waals surface area contributed by atoms with Crippen molar-refractivity contribution in [2.24, 2.45) is 0 Å². The van der Waals surface area contributed by atoms with Gasteiger partial charge in [0.1, 0.15) is 0 Å². The molecule has 0 heterocycles. The van der Waals surface area contributed by atoms with Crippen LogP contribution in [0.1, 0.15) is 23.5 Å². The van der Waals surface area contributed by atoms with Crippen molar-refractivity contribution < 1.29 is 4.79 Å². The summed E-state index contributed by atoms with van der Waals surface area (Å²) in [5, 5.41) is 5.81. The van der Waals surface area contributed by atoms with E-state index in [1.54, 1.807) is 7.05 Å². The van der Waals surface area contributed by atoms with Crippen LogP contribution in [0, 0.1) is 0 Å². The first-order chi connectivity index (χ1) is 10.3. The van der Waals surface area contributed by atoms with Crippen LogP contribution in [-0.2, 0) is 4.79 Å². The van der Waals surface area contributed by atoms with Crippen LogP contribution in [0.4, 0.5) is 0 Å². The summed E-state index contributed by atoms with van der Waals surface area (Å²) in [4.78, 5) is 11.5. The lowest BCUT2D eigenvalue weighted by molar-refractivity contribution is -0.120. The summed E-state index contributed by atoms with van der Waals surface area (Å²) in [6, 6.07) is 20.9. The number of rotatable bonds is 7. The zero-order chi connectivity index (χ0) is 14.9. The van der Waals surface area contributed by atoms with Gasteiger partial charge in [-0.1, -0.05) is 60.7 Å². The highest BCUT2D eigenvalue weighted by atomic mass is 16.1. The molecule has 21 heavy (non-hydrogen) atoms. The molecule has 0 saturated heterocycles. The van der Waals surface area contributed by atoms with Crippen LogP contribution in [0.2, 0.25) is 0 Å². The standard InChI is InChI=1S/C18H22N2O/c1-19-14-18(21)20-13-12-17(15-8-4-2-5-9-15)16-10-6-3-7-11-16/h2-11,17,19H,12-14H2,1H3,(H,20,21). The van der Waals surface area contributed by atoms with Crippen molar-refractivity contribution in [3.63, 3.8) is 0 Å². The molecule has 3 heteroatoms. The van der Waals surface area contributed by atoms with E-state index in [9.17, 15) is 4.79 Å². The van der Waals surface area contributed by atoms with E-state index < -0.39 is 0 Å². The summed E-state index contributed by atoms with van der Waals surface area (Å²) in [5.41, 5.74) is 2.57. The highest BCUT2D eigenvalue weighted by molar-refractivity contribution is 5.77. The molecule has 0 atom stereocenters. The summed E-state index contributed by atoms with van der Waals surface area (Å²) in [6.45, 7) is 1.04. The van der Waals surface area contributed by atoms with Gasteiger partial charge in [-0.2, -0.15) is 0 Å². The fourth-order valence-corrected chi connectivity index (χ4v) is 2.48. The van der Waals surface area contributed by atoms with Gasteiger partial charge in [-0.25, -0.2) is 0 Å². The highest BCUT2D eigenvalue weighted by Crippen LogP contribution is 2.27.